The number of nitrogens with zero attached hydrogens (tertiary/aromatic N) is 1. The van der Waals surface area contributed by atoms with Crippen molar-refractivity contribution in [2.45, 2.75) is 52.0 Å². The van der Waals surface area contributed by atoms with Crippen molar-refractivity contribution >= 4 is 17.4 Å². The van der Waals surface area contributed by atoms with E-state index in [4.69, 9.17) is 0 Å². The van der Waals surface area contributed by atoms with Gasteiger partial charge >= 0.3 is 0 Å². The standard InChI is InChI=1S/C18H26N2O2/c1-14(20-12-8-4-3-5-9-13-20)18(22)19-17-11-7-6-10-16(17)15(2)21/h6-7,10-11,14H,3-5,8-9,12-13H2,1-2H3,(H,19,22)/t14-/m0/s1. The number of hydrogen-bond acceptors (Lipinski definition) is 3. The van der Waals surface area contributed by atoms with E-state index in [2.05, 4.69) is 10.2 Å². The van der Waals surface area contributed by atoms with E-state index in [1.165, 1.54) is 26.2 Å². The van der Waals surface area contributed by atoms with Crippen LogP contribution in [-0.4, -0.2) is 35.7 Å². The third-order valence-electron chi connectivity index (χ3n) is 4.38. The molecule has 2 rings (SSSR count). The minimum Gasteiger partial charge on any atom is -0.324 e. The molecular weight excluding hydrogens is 276 g/mol. The van der Waals surface area contributed by atoms with E-state index in [9.17, 15) is 9.59 Å². The van der Waals surface area contributed by atoms with Crippen molar-refractivity contribution in [3.05, 3.63) is 29.8 Å². The summed E-state index contributed by atoms with van der Waals surface area (Å²) in [6.45, 7) is 5.42. The summed E-state index contributed by atoms with van der Waals surface area (Å²) in [6.07, 6.45) is 6.11. The van der Waals surface area contributed by atoms with Crippen LogP contribution in [0.4, 0.5) is 5.69 Å². The lowest BCUT2D eigenvalue weighted by Crippen LogP contribution is -2.43. The molecule has 0 aliphatic carbocycles. The Balaban J connectivity index is 2.03. The van der Waals surface area contributed by atoms with Crippen LogP contribution in [0.3, 0.4) is 0 Å². The molecule has 0 aromatic heterocycles. The molecule has 1 fully saturated rings. The highest BCUT2D eigenvalue weighted by molar-refractivity contribution is 6.04. The van der Waals surface area contributed by atoms with Gasteiger partial charge in [-0.25, -0.2) is 0 Å². The van der Waals surface area contributed by atoms with Crippen LogP contribution in [0.1, 0.15) is 56.3 Å². The third-order valence-corrected chi connectivity index (χ3v) is 4.38. The summed E-state index contributed by atoms with van der Waals surface area (Å²) in [5.41, 5.74) is 1.18. The second-order valence-corrected chi connectivity index (χ2v) is 6.07. The molecule has 1 saturated heterocycles. The highest BCUT2D eigenvalue weighted by atomic mass is 16.2. The highest BCUT2D eigenvalue weighted by Gasteiger charge is 2.22. The highest BCUT2D eigenvalue weighted by Crippen LogP contribution is 2.18. The summed E-state index contributed by atoms with van der Waals surface area (Å²) < 4.78 is 0. The summed E-state index contributed by atoms with van der Waals surface area (Å²) in [6, 6.07) is 7.02. The van der Waals surface area contributed by atoms with Gasteiger partial charge in [-0.2, -0.15) is 0 Å². The number of para-hydroxylation sites is 1. The van der Waals surface area contributed by atoms with E-state index in [0.717, 1.165) is 25.9 Å². The van der Waals surface area contributed by atoms with E-state index in [1.807, 2.05) is 19.1 Å². The topological polar surface area (TPSA) is 49.4 Å². The molecule has 0 spiro atoms. The van der Waals surface area contributed by atoms with E-state index in [1.54, 1.807) is 12.1 Å². The fourth-order valence-corrected chi connectivity index (χ4v) is 2.96. The van der Waals surface area contributed by atoms with Gasteiger partial charge in [0, 0.05) is 5.56 Å². The first kappa shape index (κ1) is 16.7. The molecule has 1 aromatic rings. The van der Waals surface area contributed by atoms with Gasteiger partial charge in [-0.3, -0.25) is 14.5 Å². The summed E-state index contributed by atoms with van der Waals surface area (Å²) in [7, 11) is 0. The first-order chi connectivity index (χ1) is 10.6. The zero-order chi connectivity index (χ0) is 15.9. The summed E-state index contributed by atoms with van der Waals surface area (Å²) in [4.78, 5) is 26.4. The van der Waals surface area contributed by atoms with Crippen LogP contribution in [0.2, 0.25) is 0 Å². The van der Waals surface area contributed by atoms with Crippen LogP contribution < -0.4 is 5.32 Å². The summed E-state index contributed by atoms with van der Waals surface area (Å²) in [5.74, 6) is -0.0657. The van der Waals surface area contributed by atoms with Crippen molar-refractivity contribution in [1.82, 2.24) is 4.90 Å². The number of hydrogen-bond donors (Lipinski definition) is 1. The third kappa shape index (κ3) is 4.41. The zero-order valence-electron chi connectivity index (χ0n) is 13.6. The van der Waals surface area contributed by atoms with Crippen LogP contribution in [0.5, 0.6) is 0 Å². The number of benzene rings is 1. The number of likely N-dealkylation sites (tertiary alicyclic amines) is 1. The number of carbonyl (C=O) groups is 2. The lowest BCUT2D eigenvalue weighted by molar-refractivity contribution is -0.120. The molecule has 0 saturated carbocycles. The van der Waals surface area contributed by atoms with Crippen LogP contribution in [0.25, 0.3) is 0 Å². The SMILES string of the molecule is CC(=O)c1ccccc1NC(=O)[C@H](C)N1CCCCCCC1. The zero-order valence-corrected chi connectivity index (χ0v) is 13.6. The molecule has 0 radical (unpaired) electrons. The van der Waals surface area contributed by atoms with E-state index >= 15 is 0 Å². The second-order valence-electron chi connectivity index (χ2n) is 6.07. The molecule has 1 aliphatic heterocycles. The Bertz CT molecular complexity index is 520. The van der Waals surface area contributed by atoms with E-state index < -0.39 is 0 Å². The number of Topliss-reactive ketones (excluding diaryl/α,β-unsaturated/α-hetero) is 1. The predicted octanol–water partition coefficient (Wildman–Crippen LogP) is 3.48. The molecule has 1 aliphatic rings. The monoisotopic (exact) mass is 302 g/mol. The van der Waals surface area contributed by atoms with Gasteiger partial charge in [0.05, 0.1) is 11.7 Å². The second kappa shape index (κ2) is 8.08. The van der Waals surface area contributed by atoms with E-state index in [0.29, 0.717) is 11.3 Å². The van der Waals surface area contributed by atoms with Crippen molar-refractivity contribution in [2.75, 3.05) is 18.4 Å². The Morgan fingerprint density at radius 1 is 1.05 bits per heavy atom. The maximum absolute atomic E-state index is 12.5. The molecule has 1 heterocycles. The maximum atomic E-state index is 12.5. The molecule has 0 unspecified atom stereocenters. The number of ketones is 1. The lowest BCUT2D eigenvalue weighted by Gasteiger charge is -2.29. The molecule has 1 N–H and O–H groups in total. The molecule has 1 atom stereocenters. The Hall–Kier alpha value is -1.68. The summed E-state index contributed by atoms with van der Waals surface area (Å²) in [5, 5.41) is 2.92. The Morgan fingerprint density at radius 2 is 1.64 bits per heavy atom. The van der Waals surface area contributed by atoms with Crippen LogP contribution in [-0.2, 0) is 4.79 Å². The minimum atomic E-state index is -0.168. The average molecular weight is 302 g/mol. The first-order valence-corrected chi connectivity index (χ1v) is 8.24. The van der Waals surface area contributed by atoms with E-state index in [-0.39, 0.29) is 17.7 Å². The van der Waals surface area contributed by atoms with Gasteiger partial charge in [-0.15, -0.1) is 0 Å². The largest absolute Gasteiger partial charge is 0.324 e. The molecule has 22 heavy (non-hydrogen) atoms. The molecule has 120 valence electrons. The van der Waals surface area contributed by atoms with Gasteiger partial charge in [-0.05, 0) is 51.9 Å². The molecule has 4 nitrogen and oxygen atoms in total. The number of rotatable bonds is 4. The van der Waals surface area contributed by atoms with Crippen molar-refractivity contribution in [2.24, 2.45) is 0 Å². The Kier molecular flexibility index (Phi) is 6.13. The Labute approximate surface area is 132 Å². The molecule has 1 amide bonds. The van der Waals surface area contributed by atoms with Crippen LogP contribution in [0.15, 0.2) is 24.3 Å². The number of amides is 1. The van der Waals surface area contributed by atoms with Gasteiger partial charge < -0.3 is 5.32 Å². The number of carbonyl (C=O) groups excluding carboxylic acids is 2. The van der Waals surface area contributed by atoms with Crippen molar-refractivity contribution in [1.29, 1.82) is 0 Å². The Morgan fingerprint density at radius 3 is 2.27 bits per heavy atom. The molecule has 0 bridgehead atoms. The average Bonchev–Trinajstić information content (AvgIpc) is 2.46. The van der Waals surface area contributed by atoms with Crippen LogP contribution >= 0.6 is 0 Å². The fraction of sp³-hybridized carbons (Fsp3) is 0.556. The number of nitrogens with one attached hydrogen (secondary N) is 1. The molecule has 1 aromatic carbocycles. The fourth-order valence-electron chi connectivity index (χ4n) is 2.96. The van der Waals surface area contributed by atoms with Gasteiger partial charge in [0.2, 0.25) is 5.91 Å². The minimum absolute atomic E-state index is 0.0326. The van der Waals surface area contributed by atoms with Crippen molar-refractivity contribution in [3.8, 4) is 0 Å². The predicted molar refractivity (Wildman–Crippen MR) is 89.2 cm³/mol. The van der Waals surface area contributed by atoms with Gasteiger partial charge in [0.1, 0.15) is 0 Å². The van der Waals surface area contributed by atoms with Crippen LogP contribution in [0, 0.1) is 0 Å². The van der Waals surface area contributed by atoms with Gasteiger partial charge in [-0.1, -0.05) is 31.4 Å². The van der Waals surface area contributed by atoms with Crippen molar-refractivity contribution in [3.63, 3.8) is 0 Å². The number of anilines is 1. The molecule has 4 heteroatoms. The summed E-state index contributed by atoms with van der Waals surface area (Å²) >= 11 is 0. The van der Waals surface area contributed by atoms with Crippen molar-refractivity contribution < 1.29 is 9.59 Å². The lowest BCUT2D eigenvalue weighted by atomic mass is 10.1. The van der Waals surface area contributed by atoms with Gasteiger partial charge in [0.15, 0.2) is 5.78 Å². The smallest absolute Gasteiger partial charge is 0.241 e. The normalized spacial score (nSPS) is 18.1. The quantitative estimate of drug-likeness (QED) is 0.866. The first-order valence-electron chi connectivity index (χ1n) is 8.24. The molecular formula is C18H26N2O2. The maximum Gasteiger partial charge on any atom is 0.241 e. The van der Waals surface area contributed by atoms with Gasteiger partial charge in [0.25, 0.3) is 0 Å².